The first-order chi connectivity index (χ1) is 9.65. The number of thiophene rings is 1. The van der Waals surface area contributed by atoms with Gasteiger partial charge in [-0.25, -0.2) is 9.78 Å². The minimum atomic E-state index is -0.943. The molecular formula is C14H8BrNO2S2. The normalized spacial score (nSPS) is 10.8. The number of benzene rings is 1. The van der Waals surface area contributed by atoms with Crippen molar-refractivity contribution in [3.63, 3.8) is 0 Å². The van der Waals surface area contributed by atoms with Crippen LogP contribution in [0.25, 0.3) is 10.1 Å². The van der Waals surface area contributed by atoms with Crippen LogP contribution in [0.2, 0.25) is 0 Å². The van der Waals surface area contributed by atoms with Crippen LogP contribution in [0.1, 0.15) is 10.4 Å². The first kappa shape index (κ1) is 13.6. The van der Waals surface area contributed by atoms with Gasteiger partial charge in [-0.1, -0.05) is 11.8 Å². The van der Waals surface area contributed by atoms with Crippen molar-refractivity contribution < 1.29 is 9.90 Å². The monoisotopic (exact) mass is 365 g/mol. The summed E-state index contributed by atoms with van der Waals surface area (Å²) in [4.78, 5) is 16.4. The summed E-state index contributed by atoms with van der Waals surface area (Å²) in [5.41, 5.74) is 0.257. The van der Waals surface area contributed by atoms with E-state index in [1.54, 1.807) is 29.7 Å². The van der Waals surface area contributed by atoms with Crippen LogP contribution in [0.3, 0.4) is 0 Å². The molecule has 0 atom stereocenters. The SMILES string of the molecule is O=C(O)c1cc(Sc2nccc3sccc23)ccc1Br. The Kier molecular flexibility index (Phi) is 3.78. The quantitative estimate of drug-likeness (QED) is 0.716. The Labute approximate surface area is 131 Å². The van der Waals surface area contributed by atoms with E-state index in [1.807, 2.05) is 23.6 Å². The maximum Gasteiger partial charge on any atom is 0.336 e. The predicted molar refractivity (Wildman–Crippen MR) is 84.8 cm³/mol. The molecule has 6 heteroatoms. The van der Waals surface area contributed by atoms with E-state index in [1.165, 1.54) is 16.5 Å². The lowest BCUT2D eigenvalue weighted by atomic mass is 10.2. The van der Waals surface area contributed by atoms with Gasteiger partial charge in [-0.3, -0.25) is 0 Å². The van der Waals surface area contributed by atoms with E-state index in [0.717, 1.165) is 15.3 Å². The van der Waals surface area contributed by atoms with E-state index < -0.39 is 5.97 Å². The van der Waals surface area contributed by atoms with Gasteiger partial charge in [0.1, 0.15) is 5.03 Å². The summed E-state index contributed by atoms with van der Waals surface area (Å²) in [5, 5.41) is 13.2. The molecular weight excluding hydrogens is 358 g/mol. The lowest BCUT2D eigenvalue weighted by Crippen LogP contribution is -1.97. The van der Waals surface area contributed by atoms with Crippen molar-refractivity contribution in [3.8, 4) is 0 Å². The van der Waals surface area contributed by atoms with Crippen LogP contribution in [-0.4, -0.2) is 16.1 Å². The highest BCUT2D eigenvalue weighted by atomic mass is 79.9. The van der Waals surface area contributed by atoms with Crippen molar-refractivity contribution in [3.05, 3.63) is 51.9 Å². The second-order valence-electron chi connectivity index (χ2n) is 4.00. The highest BCUT2D eigenvalue weighted by Crippen LogP contribution is 2.35. The van der Waals surface area contributed by atoms with Crippen LogP contribution in [-0.2, 0) is 0 Å². The van der Waals surface area contributed by atoms with E-state index in [-0.39, 0.29) is 5.56 Å². The van der Waals surface area contributed by atoms with Gasteiger partial charge in [-0.15, -0.1) is 11.3 Å². The third kappa shape index (κ3) is 2.59. The van der Waals surface area contributed by atoms with Crippen LogP contribution >= 0.6 is 39.0 Å². The van der Waals surface area contributed by atoms with Gasteiger partial charge >= 0.3 is 5.97 Å². The zero-order valence-corrected chi connectivity index (χ0v) is 13.3. The van der Waals surface area contributed by atoms with Gasteiger partial charge in [-0.05, 0) is 51.6 Å². The average molecular weight is 366 g/mol. The molecule has 0 unspecified atom stereocenters. The Hall–Kier alpha value is -1.37. The van der Waals surface area contributed by atoms with Crippen LogP contribution in [0, 0.1) is 0 Å². The molecule has 1 N–H and O–H groups in total. The summed E-state index contributed by atoms with van der Waals surface area (Å²) in [6.07, 6.45) is 1.78. The third-order valence-electron chi connectivity index (χ3n) is 2.73. The van der Waals surface area contributed by atoms with Crippen molar-refractivity contribution >= 4 is 55.1 Å². The lowest BCUT2D eigenvalue weighted by molar-refractivity contribution is 0.0695. The van der Waals surface area contributed by atoms with Gasteiger partial charge in [0.05, 0.1) is 5.56 Å². The van der Waals surface area contributed by atoms with Crippen molar-refractivity contribution in [2.45, 2.75) is 9.92 Å². The van der Waals surface area contributed by atoms with E-state index in [9.17, 15) is 4.79 Å². The largest absolute Gasteiger partial charge is 0.478 e. The molecule has 3 aromatic rings. The first-order valence-electron chi connectivity index (χ1n) is 5.68. The highest BCUT2D eigenvalue weighted by Gasteiger charge is 2.11. The van der Waals surface area contributed by atoms with E-state index in [2.05, 4.69) is 20.9 Å². The van der Waals surface area contributed by atoms with Gasteiger partial charge in [0.2, 0.25) is 0 Å². The van der Waals surface area contributed by atoms with E-state index >= 15 is 0 Å². The Morgan fingerprint density at radius 3 is 2.95 bits per heavy atom. The van der Waals surface area contributed by atoms with E-state index in [4.69, 9.17) is 5.11 Å². The fraction of sp³-hybridized carbons (Fsp3) is 0. The molecule has 0 aliphatic heterocycles. The van der Waals surface area contributed by atoms with Gasteiger partial charge in [0.15, 0.2) is 0 Å². The summed E-state index contributed by atoms with van der Waals surface area (Å²) in [6, 6.07) is 9.30. The molecule has 3 nitrogen and oxygen atoms in total. The number of halogens is 1. The average Bonchev–Trinajstić information content (AvgIpc) is 2.90. The second-order valence-corrected chi connectivity index (χ2v) is 6.86. The molecule has 20 heavy (non-hydrogen) atoms. The topological polar surface area (TPSA) is 50.2 Å². The summed E-state index contributed by atoms with van der Waals surface area (Å²) < 4.78 is 1.76. The number of carbonyl (C=O) groups is 1. The minimum Gasteiger partial charge on any atom is -0.478 e. The first-order valence-corrected chi connectivity index (χ1v) is 8.17. The number of aromatic nitrogens is 1. The molecule has 0 aliphatic rings. The lowest BCUT2D eigenvalue weighted by Gasteiger charge is -2.05. The Bertz CT molecular complexity index is 801. The summed E-state index contributed by atoms with van der Waals surface area (Å²) in [5.74, 6) is -0.943. The molecule has 2 aromatic heterocycles. The number of hydrogen-bond acceptors (Lipinski definition) is 4. The van der Waals surface area contributed by atoms with Crippen molar-refractivity contribution in [1.82, 2.24) is 4.98 Å². The smallest absolute Gasteiger partial charge is 0.336 e. The van der Waals surface area contributed by atoms with E-state index in [0.29, 0.717) is 4.47 Å². The molecule has 0 radical (unpaired) electrons. The maximum absolute atomic E-state index is 11.1. The van der Waals surface area contributed by atoms with Crippen molar-refractivity contribution in [2.24, 2.45) is 0 Å². The number of rotatable bonds is 3. The fourth-order valence-electron chi connectivity index (χ4n) is 1.79. The van der Waals surface area contributed by atoms with Crippen molar-refractivity contribution in [2.75, 3.05) is 0 Å². The van der Waals surface area contributed by atoms with Crippen LogP contribution in [0.15, 0.2) is 56.3 Å². The minimum absolute atomic E-state index is 0.257. The Morgan fingerprint density at radius 1 is 1.30 bits per heavy atom. The molecule has 0 saturated carbocycles. The number of aromatic carboxylic acids is 1. The van der Waals surface area contributed by atoms with Crippen molar-refractivity contribution in [1.29, 1.82) is 0 Å². The zero-order valence-electron chi connectivity index (χ0n) is 10.0. The fourth-order valence-corrected chi connectivity index (χ4v) is 3.99. The van der Waals surface area contributed by atoms with Gasteiger partial charge in [-0.2, -0.15) is 0 Å². The standard InChI is InChI=1S/C14H8BrNO2S2/c15-11-2-1-8(7-10(11)14(17)18)20-13-9-4-6-19-12(9)3-5-16-13/h1-7H,(H,17,18). The second kappa shape index (κ2) is 5.55. The Balaban J connectivity index is 2.01. The Morgan fingerprint density at radius 2 is 2.15 bits per heavy atom. The number of nitrogens with zero attached hydrogens (tertiary/aromatic N) is 1. The number of carboxylic acids is 1. The number of hydrogen-bond donors (Lipinski definition) is 1. The molecule has 0 fully saturated rings. The number of pyridine rings is 1. The molecule has 0 aliphatic carbocycles. The molecule has 100 valence electrons. The maximum atomic E-state index is 11.1. The van der Waals surface area contributed by atoms with Gasteiger partial charge in [0, 0.05) is 25.7 Å². The summed E-state index contributed by atoms with van der Waals surface area (Å²) in [7, 11) is 0. The highest BCUT2D eigenvalue weighted by molar-refractivity contribution is 9.10. The van der Waals surface area contributed by atoms with Crippen LogP contribution in [0.4, 0.5) is 0 Å². The third-order valence-corrected chi connectivity index (χ3v) is 5.31. The molecule has 0 spiro atoms. The number of carboxylic acid groups (broad SMARTS) is 1. The molecule has 0 bridgehead atoms. The van der Waals surface area contributed by atoms with Crippen LogP contribution in [0.5, 0.6) is 0 Å². The molecule has 2 heterocycles. The van der Waals surface area contributed by atoms with Crippen LogP contribution < -0.4 is 0 Å². The number of fused-ring (bicyclic) bond motifs is 1. The van der Waals surface area contributed by atoms with Gasteiger partial charge in [0.25, 0.3) is 0 Å². The molecule has 3 rings (SSSR count). The molecule has 1 aromatic carbocycles. The van der Waals surface area contributed by atoms with Gasteiger partial charge < -0.3 is 5.11 Å². The molecule has 0 saturated heterocycles. The summed E-state index contributed by atoms with van der Waals surface area (Å²) in [6.45, 7) is 0. The molecule has 0 amide bonds. The summed E-state index contributed by atoms with van der Waals surface area (Å²) >= 11 is 6.39. The predicted octanol–water partition coefficient (Wildman–Crippen LogP) is 4.91. The zero-order chi connectivity index (χ0) is 14.1.